The number of hydrogen-bond donors (Lipinski definition) is 4. The quantitative estimate of drug-likeness (QED) is 0.382. The third-order valence-corrected chi connectivity index (χ3v) is 3.60. The van der Waals surface area contributed by atoms with Crippen molar-refractivity contribution in [3.05, 3.63) is 0 Å². The van der Waals surface area contributed by atoms with E-state index in [0.29, 0.717) is 32.5 Å². The highest BCUT2D eigenvalue weighted by molar-refractivity contribution is 7.82. The highest BCUT2D eigenvalue weighted by Gasteiger charge is 2.28. The van der Waals surface area contributed by atoms with Gasteiger partial charge >= 0.3 is 0 Å². The lowest BCUT2D eigenvalue weighted by atomic mass is 10.1. The predicted octanol–water partition coefficient (Wildman–Crippen LogP) is 3.37. The first-order valence-corrected chi connectivity index (χ1v) is 11.4. The Labute approximate surface area is 191 Å². The molecule has 0 aliphatic carbocycles. The van der Waals surface area contributed by atoms with Crippen LogP contribution in [0.2, 0.25) is 0 Å². The zero-order chi connectivity index (χ0) is 24.8. The smallest absolute Gasteiger partial charge is 0.235 e. The van der Waals surface area contributed by atoms with Crippen molar-refractivity contribution < 1.29 is 19.1 Å². The highest BCUT2D eigenvalue weighted by atomic mass is 32.1. The van der Waals surface area contributed by atoms with Crippen LogP contribution in [0.25, 0.3) is 0 Å². The molecule has 2 amide bonds. The second kappa shape index (κ2) is 22.6. The molecular formula is C22H49N3O4S. The van der Waals surface area contributed by atoms with Crippen molar-refractivity contribution >= 4 is 30.2 Å². The third-order valence-electron chi connectivity index (χ3n) is 3.17. The molecule has 1 unspecified atom stereocenters. The van der Waals surface area contributed by atoms with E-state index in [1.807, 2.05) is 55.4 Å². The Morgan fingerprint density at radius 3 is 1.87 bits per heavy atom. The number of ether oxygens (including phenoxy) is 1. The van der Waals surface area contributed by atoms with Crippen molar-refractivity contribution in [1.82, 2.24) is 16.0 Å². The molecule has 0 saturated carbocycles. The van der Waals surface area contributed by atoms with E-state index in [1.54, 1.807) is 14.0 Å². The minimum absolute atomic E-state index is 0.0573. The molecular weight excluding hydrogens is 402 g/mol. The van der Waals surface area contributed by atoms with Crippen molar-refractivity contribution in [2.24, 2.45) is 0 Å². The van der Waals surface area contributed by atoms with Gasteiger partial charge in [-0.15, -0.1) is 0 Å². The van der Waals surface area contributed by atoms with Crippen LogP contribution in [0.5, 0.6) is 0 Å². The minimum atomic E-state index is -0.653. The SMILES string of the molecule is CC.CC.CCNCC(=O)NCCC(C)=O.CNC(=O)C(C)(S)CCOC(C)(C)C. The number of carbonyl (C=O) groups is 3. The predicted molar refractivity (Wildman–Crippen MR) is 131 cm³/mol. The number of amides is 2. The summed E-state index contributed by atoms with van der Waals surface area (Å²) in [6.07, 6.45) is 1.02. The van der Waals surface area contributed by atoms with Crippen molar-refractivity contribution in [3.8, 4) is 0 Å². The fourth-order valence-electron chi connectivity index (χ4n) is 1.62. The van der Waals surface area contributed by atoms with Gasteiger partial charge in [-0.3, -0.25) is 14.4 Å². The Hall–Kier alpha value is -1.12. The van der Waals surface area contributed by atoms with Crippen LogP contribution in [0.3, 0.4) is 0 Å². The van der Waals surface area contributed by atoms with Gasteiger partial charge in [0.15, 0.2) is 0 Å². The summed E-state index contributed by atoms with van der Waals surface area (Å²) in [5, 5.41) is 8.10. The van der Waals surface area contributed by atoms with Crippen molar-refractivity contribution in [1.29, 1.82) is 0 Å². The summed E-state index contributed by atoms with van der Waals surface area (Å²) in [5.74, 6) is -0.0322. The lowest BCUT2D eigenvalue weighted by molar-refractivity contribution is -0.123. The third kappa shape index (κ3) is 29.1. The largest absolute Gasteiger partial charge is 0.376 e. The molecule has 0 aliphatic rings. The molecule has 0 aromatic carbocycles. The van der Waals surface area contributed by atoms with E-state index in [2.05, 4.69) is 28.6 Å². The summed E-state index contributed by atoms with van der Waals surface area (Å²) >= 11 is 4.30. The van der Waals surface area contributed by atoms with E-state index in [1.165, 1.54) is 6.92 Å². The molecule has 0 fully saturated rings. The standard InChI is InChI=1S/C10H21NO2S.C8H16N2O2.2C2H6/c1-9(2,3)13-7-6-10(4,14)8(12)11-5;1-3-9-6-8(12)10-5-4-7(2)11;2*1-2/h14H,6-7H2,1-5H3,(H,11,12);9H,3-6H2,1-2H3,(H,10,12);2*1-2H3. The Morgan fingerprint density at radius 2 is 1.50 bits per heavy atom. The van der Waals surface area contributed by atoms with Crippen molar-refractivity contribution in [2.75, 3.05) is 33.3 Å². The fraction of sp³-hybridized carbons (Fsp3) is 0.864. The zero-order valence-corrected chi connectivity index (χ0v) is 22.2. The first-order valence-electron chi connectivity index (χ1n) is 10.9. The molecule has 30 heavy (non-hydrogen) atoms. The Balaban J connectivity index is -0.000000194. The summed E-state index contributed by atoms with van der Waals surface area (Å²) in [5.41, 5.74) is -0.160. The van der Waals surface area contributed by atoms with E-state index < -0.39 is 4.75 Å². The number of ketones is 1. The van der Waals surface area contributed by atoms with Crippen LogP contribution in [-0.2, 0) is 19.1 Å². The lowest BCUT2D eigenvalue weighted by Gasteiger charge is -2.25. The fourth-order valence-corrected chi connectivity index (χ4v) is 1.82. The van der Waals surface area contributed by atoms with Crippen LogP contribution in [0.4, 0.5) is 0 Å². The maximum atomic E-state index is 11.3. The molecule has 0 radical (unpaired) electrons. The number of likely N-dealkylation sites (N-methyl/N-ethyl adjacent to an activating group) is 1. The second-order valence-corrected chi connectivity index (χ2v) is 8.13. The van der Waals surface area contributed by atoms with Crippen LogP contribution >= 0.6 is 12.6 Å². The van der Waals surface area contributed by atoms with E-state index >= 15 is 0 Å². The number of thiol groups is 1. The van der Waals surface area contributed by atoms with Crippen molar-refractivity contribution in [2.45, 2.75) is 92.4 Å². The number of Topliss-reactive ketones (excluding diaryl/α,β-unsaturated/α-hetero) is 1. The van der Waals surface area contributed by atoms with Gasteiger partial charge in [0, 0.05) is 26.6 Å². The molecule has 0 spiro atoms. The summed E-state index contributed by atoms with van der Waals surface area (Å²) < 4.78 is 4.88. The average molecular weight is 452 g/mol. The lowest BCUT2D eigenvalue weighted by Crippen LogP contribution is -2.39. The monoisotopic (exact) mass is 451 g/mol. The maximum absolute atomic E-state index is 11.3. The maximum Gasteiger partial charge on any atom is 0.235 e. The zero-order valence-electron chi connectivity index (χ0n) is 21.3. The Morgan fingerprint density at radius 1 is 1.00 bits per heavy atom. The summed E-state index contributed by atoms with van der Waals surface area (Å²) in [6.45, 7) is 21.3. The molecule has 1 atom stereocenters. The van der Waals surface area contributed by atoms with Crippen molar-refractivity contribution in [3.63, 3.8) is 0 Å². The van der Waals surface area contributed by atoms with Gasteiger partial charge in [0.1, 0.15) is 5.78 Å². The second-order valence-electron chi connectivity index (χ2n) is 7.15. The van der Waals surface area contributed by atoms with E-state index in [0.717, 1.165) is 6.54 Å². The topological polar surface area (TPSA) is 96.5 Å². The summed E-state index contributed by atoms with van der Waals surface area (Å²) in [6, 6.07) is 0. The van der Waals surface area contributed by atoms with E-state index in [4.69, 9.17) is 4.74 Å². The highest BCUT2D eigenvalue weighted by Crippen LogP contribution is 2.20. The average Bonchev–Trinajstić information content (AvgIpc) is 2.67. The molecule has 0 rings (SSSR count). The van der Waals surface area contributed by atoms with Gasteiger partial charge in [0.2, 0.25) is 11.8 Å². The van der Waals surface area contributed by atoms with Crippen LogP contribution in [-0.4, -0.2) is 61.2 Å². The van der Waals surface area contributed by atoms with Crippen LogP contribution < -0.4 is 16.0 Å². The van der Waals surface area contributed by atoms with Gasteiger partial charge in [-0.1, -0.05) is 34.6 Å². The Kier molecular flexibility index (Phi) is 27.3. The number of nitrogens with one attached hydrogen (secondary N) is 3. The van der Waals surface area contributed by atoms with E-state index in [-0.39, 0.29) is 23.2 Å². The molecule has 0 aromatic heterocycles. The van der Waals surface area contributed by atoms with E-state index in [9.17, 15) is 14.4 Å². The van der Waals surface area contributed by atoms with Gasteiger partial charge in [-0.05, 0) is 47.6 Å². The van der Waals surface area contributed by atoms with Gasteiger partial charge in [-0.25, -0.2) is 0 Å². The molecule has 0 bridgehead atoms. The van der Waals surface area contributed by atoms with Gasteiger partial charge in [0.25, 0.3) is 0 Å². The molecule has 0 heterocycles. The minimum Gasteiger partial charge on any atom is -0.376 e. The Bertz CT molecular complexity index is 437. The van der Waals surface area contributed by atoms with Gasteiger partial charge < -0.3 is 20.7 Å². The first kappa shape index (κ1) is 36.3. The molecule has 3 N–H and O–H groups in total. The molecule has 0 saturated heterocycles. The summed E-state index contributed by atoms with van der Waals surface area (Å²) in [7, 11) is 1.61. The van der Waals surface area contributed by atoms with Crippen LogP contribution in [0, 0.1) is 0 Å². The number of rotatable bonds is 10. The molecule has 8 heteroatoms. The first-order chi connectivity index (χ1) is 13.9. The van der Waals surface area contributed by atoms with Crippen LogP contribution in [0.15, 0.2) is 0 Å². The molecule has 7 nitrogen and oxygen atoms in total. The summed E-state index contributed by atoms with van der Waals surface area (Å²) in [4.78, 5) is 32.7. The number of carbonyl (C=O) groups excluding carboxylic acids is 3. The number of hydrogen-bond acceptors (Lipinski definition) is 6. The normalized spacial score (nSPS) is 11.7. The molecule has 0 aliphatic heterocycles. The molecule has 0 aromatic rings. The van der Waals surface area contributed by atoms with Crippen LogP contribution in [0.1, 0.15) is 82.1 Å². The van der Waals surface area contributed by atoms with Gasteiger partial charge in [0.05, 0.1) is 16.9 Å². The molecule has 182 valence electrons. The van der Waals surface area contributed by atoms with Gasteiger partial charge in [-0.2, -0.15) is 12.6 Å².